The third-order valence-corrected chi connectivity index (χ3v) is 4.30. The number of urea groups is 1. The second-order valence-electron chi connectivity index (χ2n) is 7.03. The van der Waals surface area contributed by atoms with Gasteiger partial charge in [-0.1, -0.05) is 6.08 Å². The molecule has 1 fully saturated rings. The van der Waals surface area contributed by atoms with Crippen LogP contribution >= 0.6 is 0 Å². The Hall–Kier alpha value is -3.96. The maximum Gasteiger partial charge on any atom is 0.433 e. The van der Waals surface area contributed by atoms with Crippen LogP contribution in [0.4, 0.5) is 33.9 Å². The van der Waals surface area contributed by atoms with Gasteiger partial charge < -0.3 is 15.8 Å². The SMILES string of the molecule is C/C=C\C(=C/CC1CC1)Oc1ccc(NC(=O)Nc2cc(C(F)(F)F)ncn2)cc1F.NC=O. The van der Waals surface area contributed by atoms with Gasteiger partial charge in [0.1, 0.15) is 23.6 Å². The van der Waals surface area contributed by atoms with Gasteiger partial charge in [0.15, 0.2) is 11.6 Å². The van der Waals surface area contributed by atoms with E-state index in [4.69, 9.17) is 9.53 Å². The number of nitrogens with zero attached hydrogens (tertiary/aromatic N) is 2. The smallest absolute Gasteiger partial charge is 0.433 e. The van der Waals surface area contributed by atoms with Crippen LogP contribution in [0.1, 0.15) is 31.9 Å². The van der Waals surface area contributed by atoms with Crippen LogP contribution < -0.4 is 21.1 Å². The van der Waals surface area contributed by atoms with Crippen molar-refractivity contribution < 1.29 is 31.9 Å². The molecule has 0 aliphatic heterocycles. The Morgan fingerprint density at radius 3 is 2.53 bits per heavy atom. The number of alkyl halides is 3. The van der Waals surface area contributed by atoms with E-state index in [1.807, 2.05) is 13.0 Å². The van der Waals surface area contributed by atoms with E-state index >= 15 is 0 Å². The number of primary amides is 1. The molecule has 1 saturated carbocycles. The molecule has 34 heavy (non-hydrogen) atoms. The number of aromatic nitrogens is 2. The zero-order chi connectivity index (χ0) is 25.1. The molecular formula is C22H23F4N5O3. The Kier molecular flexibility index (Phi) is 9.53. The molecule has 12 heteroatoms. The van der Waals surface area contributed by atoms with E-state index in [0.717, 1.165) is 12.5 Å². The quantitative estimate of drug-likeness (QED) is 0.222. The third-order valence-electron chi connectivity index (χ3n) is 4.30. The predicted octanol–water partition coefficient (Wildman–Crippen LogP) is 5.02. The molecule has 2 aromatic rings. The van der Waals surface area contributed by atoms with Crippen LogP contribution in [0.15, 0.2) is 54.6 Å². The van der Waals surface area contributed by atoms with Crippen LogP contribution in [0.3, 0.4) is 0 Å². The highest BCUT2D eigenvalue weighted by Crippen LogP contribution is 2.33. The molecule has 3 amide bonds. The number of carbonyl (C=O) groups excluding carboxylic acids is 2. The Bertz CT molecular complexity index is 1050. The van der Waals surface area contributed by atoms with Gasteiger partial charge in [-0.15, -0.1) is 0 Å². The summed E-state index contributed by atoms with van der Waals surface area (Å²) >= 11 is 0. The highest BCUT2D eigenvalue weighted by molar-refractivity contribution is 5.99. The van der Waals surface area contributed by atoms with Gasteiger partial charge in [-0.25, -0.2) is 19.2 Å². The minimum absolute atomic E-state index is 0.0169. The summed E-state index contributed by atoms with van der Waals surface area (Å²) in [5.41, 5.74) is 3.05. The lowest BCUT2D eigenvalue weighted by Crippen LogP contribution is -2.21. The minimum Gasteiger partial charge on any atom is -0.455 e. The van der Waals surface area contributed by atoms with Gasteiger partial charge in [-0.05, 0) is 56.4 Å². The number of nitrogens with one attached hydrogen (secondary N) is 2. The number of benzene rings is 1. The number of ether oxygens (including phenoxy) is 1. The van der Waals surface area contributed by atoms with Crippen molar-refractivity contribution >= 4 is 23.9 Å². The van der Waals surface area contributed by atoms with Crippen LogP contribution in [-0.4, -0.2) is 22.4 Å². The van der Waals surface area contributed by atoms with E-state index in [9.17, 15) is 22.4 Å². The number of allylic oxidation sites excluding steroid dienone is 3. The lowest BCUT2D eigenvalue weighted by atomic mass is 10.2. The first-order valence-corrected chi connectivity index (χ1v) is 10.1. The minimum atomic E-state index is -4.67. The van der Waals surface area contributed by atoms with Crippen LogP contribution in [0, 0.1) is 11.7 Å². The fourth-order valence-corrected chi connectivity index (χ4v) is 2.59. The summed E-state index contributed by atoms with van der Waals surface area (Å²) < 4.78 is 58.1. The van der Waals surface area contributed by atoms with Crippen LogP contribution in [0.25, 0.3) is 0 Å². The molecule has 1 heterocycles. The second kappa shape index (κ2) is 12.3. The number of nitrogens with two attached hydrogens (primary N) is 1. The van der Waals surface area contributed by atoms with E-state index < -0.39 is 23.7 Å². The Morgan fingerprint density at radius 1 is 1.24 bits per heavy atom. The highest BCUT2D eigenvalue weighted by Gasteiger charge is 2.33. The van der Waals surface area contributed by atoms with E-state index in [-0.39, 0.29) is 23.7 Å². The number of rotatable bonds is 7. The van der Waals surface area contributed by atoms with Crippen molar-refractivity contribution in [3.63, 3.8) is 0 Å². The molecule has 0 spiro atoms. The Morgan fingerprint density at radius 2 is 1.94 bits per heavy atom. The Labute approximate surface area is 192 Å². The first-order valence-electron chi connectivity index (χ1n) is 10.1. The van der Waals surface area contributed by atoms with Gasteiger partial charge in [-0.2, -0.15) is 13.2 Å². The highest BCUT2D eigenvalue weighted by atomic mass is 19.4. The summed E-state index contributed by atoms with van der Waals surface area (Å²) in [6, 6.07) is 3.51. The molecule has 4 N–H and O–H groups in total. The number of amides is 3. The lowest BCUT2D eigenvalue weighted by molar-refractivity contribution is -0.141. The number of carbonyl (C=O) groups is 2. The Balaban J connectivity index is 0.00000129. The second-order valence-corrected chi connectivity index (χ2v) is 7.03. The number of anilines is 2. The van der Waals surface area contributed by atoms with Gasteiger partial charge in [0, 0.05) is 17.8 Å². The van der Waals surface area contributed by atoms with Crippen molar-refractivity contribution in [1.82, 2.24) is 9.97 Å². The predicted molar refractivity (Wildman–Crippen MR) is 117 cm³/mol. The molecule has 0 saturated heterocycles. The van der Waals surface area contributed by atoms with Gasteiger partial charge in [0.25, 0.3) is 0 Å². The average molecular weight is 481 g/mol. The van der Waals surface area contributed by atoms with Crippen molar-refractivity contribution in [2.24, 2.45) is 11.7 Å². The number of halogens is 4. The molecule has 0 unspecified atom stereocenters. The van der Waals surface area contributed by atoms with Gasteiger partial charge in [-0.3, -0.25) is 10.1 Å². The summed E-state index contributed by atoms with van der Waals surface area (Å²) in [6.07, 6.45) is 4.92. The van der Waals surface area contributed by atoms with Crippen molar-refractivity contribution in [2.75, 3.05) is 10.6 Å². The van der Waals surface area contributed by atoms with Gasteiger partial charge in [0.05, 0.1) is 0 Å². The topological polar surface area (TPSA) is 119 Å². The zero-order valence-corrected chi connectivity index (χ0v) is 18.1. The van der Waals surface area contributed by atoms with Crippen molar-refractivity contribution in [2.45, 2.75) is 32.4 Å². The zero-order valence-electron chi connectivity index (χ0n) is 18.1. The molecule has 3 rings (SSSR count). The van der Waals surface area contributed by atoms with Crippen molar-refractivity contribution in [3.05, 3.63) is 66.1 Å². The average Bonchev–Trinajstić information content (AvgIpc) is 3.59. The molecule has 1 aromatic heterocycles. The summed E-state index contributed by atoms with van der Waals surface area (Å²) in [6.45, 7) is 1.83. The summed E-state index contributed by atoms with van der Waals surface area (Å²) in [5.74, 6) is 0.103. The van der Waals surface area contributed by atoms with Crippen molar-refractivity contribution in [3.8, 4) is 5.75 Å². The fraction of sp³-hybridized carbons (Fsp3) is 0.273. The first-order chi connectivity index (χ1) is 16.2. The van der Waals surface area contributed by atoms with Crippen LogP contribution in [0.2, 0.25) is 0 Å². The first kappa shape index (κ1) is 26.3. The molecule has 1 aromatic carbocycles. The molecule has 1 aliphatic carbocycles. The molecule has 0 atom stereocenters. The van der Waals surface area contributed by atoms with Crippen molar-refractivity contribution in [1.29, 1.82) is 0 Å². The molecule has 8 nitrogen and oxygen atoms in total. The van der Waals surface area contributed by atoms with E-state index in [2.05, 4.69) is 26.3 Å². The van der Waals surface area contributed by atoms with Crippen LogP contribution in [-0.2, 0) is 11.0 Å². The fourth-order valence-electron chi connectivity index (χ4n) is 2.59. The molecular weight excluding hydrogens is 458 g/mol. The maximum absolute atomic E-state index is 14.4. The summed E-state index contributed by atoms with van der Waals surface area (Å²) in [5, 5.41) is 4.47. The number of hydrogen-bond acceptors (Lipinski definition) is 5. The molecule has 1 aliphatic rings. The third kappa shape index (κ3) is 8.88. The van der Waals surface area contributed by atoms with Gasteiger partial charge >= 0.3 is 12.2 Å². The maximum atomic E-state index is 14.4. The monoisotopic (exact) mass is 481 g/mol. The van der Waals surface area contributed by atoms with E-state index in [0.29, 0.717) is 24.1 Å². The molecule has 0 bridgehead atoms. The summed E-state index contributed by atoms with van der Waals surface area (Å²) in [4.78, 5) is 27.3. The standard InChI is InChI=1S/C21H20F4N4O2.CH3NO/c1-2-3-15(8-6-13-4-5-13)31-17-9-7-14(10-16(17)22)28-20(30)29-19-11-18(21(23,24)25)26-12-27-19;2-1-3/h2-3,7-13H,4-6H2,1H3,(H2,26,27,28,29,30);1H,(H2,2,3)/b3-2-,15-8+;. The summed E-state index contributed by atoms with van der Waals surface area (Å²) in [7, 11) is 0. The molecule has 0 radical (unpaired) electrons. The van der Waals surface area contributed by atoms with E-state index in [1.165, 1.54) is 25.0 Å². The van der Waals surface area contributed by atoms with Gasteiger partial charge in [0.2, 0.25) is 6.41 Å². The molecule has 182 valence electrons. The van der Waals surface area contributed by atoms with E-state index in [1.54, 1.807) is 12.2 Å². The normalized spacial score (nSPS) is 13.6. The lowest BCUT2D eigenvalue weighted by Gasteiger charge is -2.11. The number of hydrogen-bond donors (Lipinski definition) is 3. The van der Waals surface area contributed by atoms with Crippen LogP contribution in [0.5, 0.6) is 5.75 Å². The largest absolute Gasteiger partial charge is 0.455 e.